The van der Waals surface area contributed by atoms with Crippen LogP contribution in [0, 0.1) is 40.4 Å². The molecule has 5 nitrogen and oxygen atoms in total. The summed E-state index contributed by atoms with van der Waals surface area (Å²) in [6.07, 6.45) is 13.7. The standard InChI is InChI=1S/C33H54O5/c1-21(2)8-6-9-22(3)15-17-38-30(37)11-7-10-23-12-13-26-31-27(20-29(36)33(23,26)5)32(4)16-14-25(34)18-24(32)19-28(31)35/h8,15,23-29,31,34-36H,6-7,9-14,16-20H2,1-5H3/b22-15+/t23?,24?,25-,26+,27+,28-,29+,31?,32+,33-/m1/s1. The van der Waals surface area contributed by atoms with E-state index in [9.17, 15) is 20.1 Å². The van der Waals surface area contributed by atoms with Gasteiger partial charge in [-0.3, -0.25) is 4.79 Å². The van der Waals surface area contributed by atoms with Gasteiger partial charge in [-0.25, -0.2) is 0 Å². The van der Waals surface area contributed by atoms with Crippen LogP contribution in [0.1, 0.15) is 112 Å². The van der Waals surface area contributed by atoms with E-state index in [0.29, 0.717) is 36.7 Å². The molecular weight excluding hydrogens is 476 g/mol. The van der Waals surface area contributed by atoms with Crippen LogP contribution in [0.4, 0.5) is 0 Å². The first-order chi connectivity index (χ1) is 18.0. The Bertz CT molecular complexity index is 890. The highest BCUT2D eigenvalue weighted by atomic mass is 16.5. The Morgan fingerprint density at radius 2 is 1.71 bits per heavy atom. The molecule has 4 aliphatic rings. The lowest BCUT2D eigenvalue weighted by atomic mass is 9.43. The van der Waals surface area contributed by atoms with Crippen LogP contribution < -0.4 is 0 Å². The normalized spacial score (nSPS) is 42.6. The maximum Gasteiger partial charge on any atom is 0.306 e. The summed E-state index contributed by atoms with van der Waals surface area (Å²) in [5.74, 6) is 1.47. The zero-order chi connectivity index (χ0) is 27.7. The van der Waals surface area contributed by atoms with Crippen molar-refractivity contribution in [2.45, 2.75) is 130 Å². The number of aliphatic hydroxyl groups is 3. The Labute approximate surface area is 231 Å². The highest BCUT2D eigenvalue weighted by molar-refractivity contribution is 5.69. The van der Waals surface area contributed by atoms with Crippen molar-refractivity contribution >= 4 is 5.97 Å². The first-order valence-corrected chi connectivity index (χ1v) is 15.5. The molecule has 38 heavy (non-hydrogen) atoms. The van der Waals surface area contributed by atoms with Crippen molar-refractivity contribution in [3.05, 3.63) is 23.3 Å². The molecule has 0 heterocycles. The van der Waals surface area contributed by atoms with Crippen molar-refractivity contribution in [2.75, 3.05) is 6.61 Å². The van der Waals surface area contributed by atoms with Crippen molar-refractivity contribution in [2.24, 2.45) is 40.4 Å². The van der Waals surface area contributed by atoms with E-state index >= 15 is 0 Å². The summed E-state index contributed by atoms with van der Waals surface area (Å²) >= 11 is 0. The lowest BCUT2D eigenvalue weighted by Gasteiger charge is -2.63. The van der Waals surface area contributed by atoms with E-state index < -0.39 is 0 Å². The third kappa shape index (κ3) is 5.95. The molecule has 0 amide bonds. The molecule has 4 rings (SSSR count). The number of fused-ring (bicyclic) bond motifs is 5. The molecule has 0 saturated heterocycles. The minimum Gasteiger partial charge on any atom is -0.461 e. The molecule has 3 unspecified atom stereocenters. The van der Waals surface area contributed by atoms with Crippen LogP contribution in [0.5, 0.6) is 0 Å². The van der Waals surface area contributed by atoms with Crippen molar-refractivity contribution in [1.29, 1.82) is 0 Å². The van der Waals surface area contributed by atoms with Crippen LogP contribution >= 0.6 is 0 Å². The summed E-state index contributed by atoms with van der Waals surface area (Å²) in [6.45, 7) is 11.3. The average molecular weight is 531 g/mol. The minimum absolute atomic E-state index is 0.103. The molecule has 0 aromatic carbocycles. The van der Waals surface area contributed by atoms with Gasteiger partial charge in [-0.2, -0.15) is 0 Å². The molecule has 216 valence electrons. The van der Waals surface area contributed by atoms with Gasteiger partial charge in [0.2, 0.25) is 0 Å². The fraction of sp³-hybridized carbons (Fsp3) is 0.848. The van der Waals surface area contributed by atoms with Crippen LogP contribution in [0.25, 0.3) is 0 Å². The molecular formula is C33H54O5. The summed E-state index contributed by atoms with van der Waals surface area (Å²) in [5, 5.41) is 33.3. The van der Waals surface area contributed by atoms with Crippen LogP contribution in [0.2, 0.25) is 0 Å². The molecule has 4 fully saturated rings. The summed E-state index contributed by atoms with van der Waals surface area (Å²) in [5.41, 5.74) is 2.48. The zero-order valence-electron chi connectivity index (χ0n) is 24.6. The molecule has 10 atom stereocenters. The average Bonchev–Trinajstić information content (AvgIpc) is 3.18. The number of carbonyl (C=O) groups is 1. The number of hydrogen-bond acceptors (Lipinski definition) is 5. The first kappa shape index (κ1) is 29.8. The van der Waals surface area contributed by atoms with Crippen LogP contribution in [0.15, 0.2) is 23.3 Å². The molecule has 0 aliphatic heterocycles. The van der Waals surface area contributed by atoms with Crippen LogP contribution in [-0.4, -0.2) is 46.2 Å². The van der Waals surface area contributed by atoms with Gasteiger partial charge in [0.15, 0.2) is 0 Å². The number of allylic oxidation sites excluding steroid dienone is 3. The number of ether oxygens (including phenoxy) is 1. The van der Waals surface area contributed by atoms with E-state index in [1.807, 2.05) is 6.08 Å². The lowest BCUT2D eigenvalue weighted by molar-refractivity contribution is -0.204. The number of rotatable bonds is 9. The molecule has 5 heteroatoms. The van der Waals surface area contributed by atoms with Gasteiger partial charge in [-0.15, -0.1) is 0 Å². The number of esters is 1. The van der Waals surface area contributed by atoms with Gasteiger partial charge >= 0.3 is 5.97 Å². The van der Waals surface area contributed by atoms with Gasteiger partial charge in [0.25, 0.3) is 0 Å². The summed E-state index contributed by atoms with van der Waals surface area (Å²) in [7, 11) is 0. The third-order valence-corrected chi connectivity index (χ3v) is 11.7. The van der Waals surface area contributed by atoms with Crippen molar-refractivity contribution in [3.8, 4) is 0 Å². The zero-order valence-corrected chi connectivity index (χ0v) is 24.6. The Hall–Kier alpha value is -1.17. The van der Waals surface area contributed by atoms with E-state index in [-0.39, 0.29) is 41.0 Å². The quantitative estimate of drug-likeness (QED) is 0.239. The smallest absolute Gasteiger partial charge is 0.306 e. The maximum absolute atomic E-state index is 12.4. The van der Waals surface area contributed by atoms with E-state index in [0.717, 1.165) is 70.6 Å². The van der Waals surface area contributed by atoms with Gasteiger partial charge in [-0.05, 0) is 138 Å². The fourth-order valence-electron chi connectivity index (χ4n) is 9.30. The van der Waals surface area contributed by atoms with E-state index in [1.54, 1.807) is 0 Å². The number of carbonyl (C=O) groups excluding carboxylic acids is 1. The van der Waals surface area contributed by atoms with Crippen molar-refractivity contribution in [1.82, 2.24) is 0 Å². The fourth-order valence-corrected chi connectivity index (χ4v) is 9.30. The van der Waals surface area contributed by atoms with Crippen LogP contribution in [0.3, 0.4) is 0 Å². The maximum atomic E-state index is 12.4. The van der Waals surface area contributed by atoms with E-state index in [2.05, 4.69) is 40.7 Å². The van der Waals surface area contributed by atoms with Crippen molar-refractivity contribution < 1.29 is 24.9 Å². The summed E-state index contributed by atoms with van der Waals surface area (Å²) in [6, 6.07) is 0. The molecule has 0 aromatic rings. The van der Waals surface area contributed by atoms with E-state index in [1.165, 1.54) is 11.1 Å². The highest BCUT2D eigenvalue weighted by Gasteiger charge is 2.65. The predicted octanol–water partition coefficient (Wildman–Crippen LogP) is 6.35. The Kier molecular flexibility index (Phi) is 9.52. The van der Waals surface area contributed by atoms with Crippen LogP contribution in [-0.2, 0) is 9.53 Å². The summed E-state index contributed by atoms with van der Waals surface area (Å²) < 4.78 is 5.48. The second-order valence-electron chi connectivity index (χ2n) is 14.1. The molecule has 0 radical (unpaired) electrons. The summed E-state index contributed by atoms with van der Waals surface area (Å²) in [4.78, 5) is 12.4. The van der Waals surface area contributed by atoms with Gasteiger partial charge in [0.1, 0.15) is 6.61 Å². The van der Waals surface area contributed by atoms with Gasteiger partial charge < -0.3 is 20.1 Å². The first-order valence-electron chi connectivity index (χ1n) is 15.5. The molecule has 4 saturated carbocycles. The molecule has 0 aromatic heterocycles. The molecule has 3 N–H and O–H groups in total. The van der Waals surface area contributed by atoms with E-state index in [4.69, 9.17) is 4.74 Å². The number of hydrogen-bond donors (Lipinski definition) is 3. The minimum atomic E-state index is -0.373. The lowest BCUT2D eigenvalue weighted by Crippen LogP contribution is -2.62. The molecule has 0 bridgehead atoms. The molecule has 0 spiro atoms. The predicted molar refractivity (Wildman–Crippen MR) is 151 cm³/mol. The largest absolute Gasteiger partial charge is 0.461 e. The Morgan fingerprint density at radius 1 is 0.947 bits per heavy atom. The Balaban J connectivity index is 1.30. The van der Waals surface area contributed by atoms with Crippen molar-refractivity contribution in [3.63, 3.8) is 0 Å². The Morgan fingerprint density at radius 3 is 2.45 bits per heavy atom. The van der Waals surface area contributed by atoms with Gasteiger partial charge in [0.05, 0.1) is 18.3 Å². The SMILES string of the molecule is CC(C)=CCC/C(C)=C/COC(=O)CCCC1CC[C@H]2C3[C@H](O)CC4C[C@H](O)CC[C@]4(C)[C@H]3C[C@H](O)[C@]12C. The topological polar surface area (TPSA) is 87.0 Å². The third-order valence-electron chi connectivity index (χ3n) is 11.7. The number of aliphatic hydroxyl groups excluding tert-OH is 3. The van der Waals surface area contributed by atoms with Gasteiger partial charge in [0, 0.05) is 6.42 Å². The monoisotopic (exact) mass is 530 g/mol. The highest BCUT2D eigenvalue weighted by Crippen LogP contribution is 2.67. The second kappa shape index (κ2) is 12.1. The second-order valence-corrected chi connectivity index (χ2v) is 14.1. The van der Waals surface area contributed by atoms with Gasteiger partial charge in [-0.1, -0.05) is 31.1 Å². The molecule has 4 aliphatic carbocycles.